The van der Waals surface area contributed by atoms with Crippen LogP contribution in [0.2, 0.25) is 5.15 Å². The van der Waals surface area contributed by atoms with E-state index in [9.17, 15) is 108 Å². The molecule has 16 rings (SSSR count). The van der Waals surface area contributed by atoms with Crippen LogP contribution in [-0.4, -0.2) is 87.8 Å². The highest BCUT2D eigenvalue weighted by molar-refractivity contribution is 6.29. The predicted molar refractivity (Wildman–Crippen MR) is 438 cm³/mol. The number of hydrogen-bond donors (Lipinski definition) is 2. The molecule has 682 valence electrons. The van der Waals surface area contributed by atoms with Gasteiger partial charge in [-0.25, -0.2) is 88.8 Å². The van der Waals surface area contributed by atoms with E-state index in [-0.39, 0.29) is 67.7 Å². The minimum Gasteiger partial charge on any atom is -0.465 e. The van der Waals surface area contributed by atoms with E-state index in [1.54, 1.807) is 66.7 Å². The van der Waals surface area contributed by atoms with E-state index in [0.717, 1.165) is 11.1 Å². The SMILES string of the molecule is COC(=O)c1ccc(Cn2ccc(C3(c4c(F)cc(F)cc4F)CCCO3)cc2=O)cc1.Fc1cc(F)c(C2(c3ccnc(Cl)c3)CCCO2)c(F)c1.Fc1cc(F)cc(F)c1.O=C(CCCCl)c1c(F)cc(F)cc1F.O=C(CO)c1ccc(Cn2ccc(C3(c4c(F)cc(F)cc4F)CCCO3)cc2=O)cc1.O=c1cc(C2(c3c(F)cc(F)cc3F)CCCO2)cc[nH]1. The number of alkyl halides is 1. The number of aromatic amines is 1. The lowest BCUT2D eigenvalue weighted by Crippen LogP contribution is -2.32. The number of nitrogens with one attached hydrogen (secondary N) is 1. The smallest absolute Gasteiger partial charge is 0.337 e. The number of rotatable bonds is 19. The van der Waals surface area contributed by atoms with Crippen LogP contribution in [0.15, 0.2) is 215 Å². The Balaban J connectivity index is 0.000000156. The normalized spacial score (nSPS) is 17.8. The van der Waals surface area contributed by atoms with Crippen molar-refractivity contribution in [2.24, 2.45) is 0 Å². The number of carbonyl (C=O) groups excluding carboxylic acids is 3. The van der Waals surface area contributed by atoms with E-state index in [1.165, 1.54) is 71.4 Å². The number of halogens is 20. The number of nitrogens with zero attached hydrogens (tertiary/aromatic N) is 3. The van der Waals surface area contributed by atoms with Gasteiger partial charge in [0.25, 0.3) is 11.1 Å². The highest BCUT2D eigenvalue weighted by Crippen LogP contribution is 2.49. The van der Waals surface area contributed by atoms with Gasteiger partial charge in [0, 0.05) is 166 Å². The summed E-state index contributed by atoms with van der Waals surface area (Å²) < 4.78 is 273. The number of benzene rings is 8. The summed E-state index contributed by atoms with van der Waals surface area (Å²) in [6, 6.07) is 32.5. The van der Waals surface area contributed by atoms with Crippen molar-refractivity contribution in [1.82, 2.24) is 19.1 Å². The number of ketones is 2. The predicted octanol–water partition coefficient (Wildman–Crippen LogP) is 20.2. The molecule has 4 fully saturated rings. The average Bonchev–Trinajstić information content (AvgIpc) is 1.36. The van der Waals surface area contributed by atoms with E-state index < -0.39 is 185 Å². The van der Waals surface area contributed by atoms with Crippen molar-refractivity contribution in [3.05, 3.63) is 414 Å². The summed E-state index contributed by atoms with van der Waals surface area (Å²) >= 11 is 11.2. The molecule has 4 aliphatic heterocycles. The zero-order chi connectivity index (χ0) is 94.1. The highest BCUT2D eigenvalue weighted by Gasteiger charge is 2.48. The van der Waals surface area contributed by atoms with Crippen LogP contribution in [0, 0.1) is 105 Å². The van der Waals surface area contributed by atoms with Crippen LogP contribution >= 0.6 is 23.2 Å². The number of aliphatic hydroxyl groups is 1. The maximum atomic E-state index is 14.6. The summed E-state index contributed by atoms with van der Waals surface area (Å²) in [6.07, 6.45) is 9.62. The molecule has 0 saturated carbocycles. The summed E-state index contributed by atoms with van der Waals surface area (Å²) in [5.41, 5.74) is -5.29. The molecule has 0 amide bonds. The molecule has 4 saturated heterocycles. The van der Waals surface area contributed by atoms with Gasteiger partial charge in [0.1, 0.15) is 139 Å². The standard InChI is InChI=1S/2C24H20F3NO4.C15H11ClF3NO.C15H12F3NO2.C10H8ClF3O.C6H3F3/c1-31-23(30)16-5-3-15(4-6-16)14-28-9-7-17(11-21(28)29)24(8-2-10-32-24)22-19(26)12-18(25)13-20(22)27;25-18-11-19(26)23(20(27)12-18)24(7-1-9-32-24)17-6-8-28(22(31)10-17)13-15-2-4-16(5-3-15)21(30)14-29;16-13-6-9(2-4-20-13)15(3-1-5-21-15)14-11(18)7-10(17)8-12(14)19;16-10-7-11(17)14(12(18)8-10)15(3-1-5-21-15)9-2-4-19-13(20)6-9;11-3-1-2-9(15)10-7(13)4-6(12)5-8(10)14;7-4-1-5(8)3-6(9)2-4/h3-7,9,11-13H,2,8,10,14H2,1H3;2-6,8,10-12,29H,1,7,9,13-14H2;2,4,6-8H,1,3,5H2;2,4,6-8H,1,3,5H2,(H,19,20);4-5H,1-3H2;1-3H. The number of H-pyrrole nitrogens is 1. The van der Waals surface area contributed by atoms with Crippen molar-refractivity contribution in [2.75, 3.05) is 46.0 Å². The topological polar surface area (TPSA) is 207 Å². The van der Waals surface area contributed by atoms with E-state index in [1.807, 2.05) is 0 Å². The molecule has 8 heterocycles. The van der Waals surface area contributed by atoms with E-state index >= 15 is 0 Å². The first-order valence-electron chi connectivity index (χ1n) is 39.6. The fraction of sp³-hybridized carbons (Fsp3) is 0.245. The fourth-order valence-electron chi connectivity index (χ4n) is 15.5. The minimum atomic E-state index is -1.51. The molecule has 4 aromatic heterocycles. The Morgan fingerprint density at radius 1 is 0.415 bits per heavy atom. The summed E-state index contributed by atoms with van der Waals surface area (Å²) in [6.45, 7) is 1.02. The lowest BCUT2D eigenvalue weighted by molar-refractivity contribution is 0.0294. The Bertz CT molecular complexity index is 5940. The zero-order valence-corrected chi connectivity index (χ0v) is 69.6. The van der Waals surface area contributed by atoms with Gasteiger partial charge in [-0.3, -0.25) is 24.0 Å². The van der Waals surface area contributed by atoms with Crippen LogP contribution in [0.5, 0.6) is 0 Å². The first-order valence-corrected chi connectivity index (χ1v) is 40.5. The Kier molecular flexibility index (Phi) is 32.8. The molecule has 12 aromatic rings. The van der Waals surface area contributed by atoms with Crippen molar-refractivity contribution in [3.63, 3.8) is 0 Å². The number of methoxy groups -OCH3 is 1. The largest absolute Gasteiger partial charge is 0.465 e. The number of carbonyl (C=O) groups is 3. The number of aliphatic hydroxyl groups excluding tert-OH is 1. The van der Waals surface area contributed by atoms with Gasteiger partial charge in [0.2, 0.25) is 5.56 Å². The van der Waals surface area contributed by atoms with Gasteiger partial charge in [0.15, 0.2) is 11.6 Å². The molecule has 36 heteroatoms. The fourth-order valence-corrected chi connectivity index (χ4v) is 15.8. The Hall–Kier alpha value is -12.3. The summed E-state index contributed by atoms with van der Waals surface area (Å²) in [7, 11) is 1.29. The molecular weight excluding hydrogens is 1790 g/mol. The second kappa shape index (κ2) is 43.4. The molecule has 0 radical (unpaired) electrons. The lowest BCUT2D eigenvalue weighted by atomic mass is 9.83. The quantitative estimate of drug-likeness (QED) is 0.0254. The Labute approximate surface area is 738 Å². The first-order chi connectivity index (χ1) is 62.0. The monoisotopic (exact) mass is 1860 g/mol. The molecule has 0 spiro atoms. The summed E-state index contributed by atoms with van der Waals surface area (Å²) in [5, 5.41) is 9.12. The third-order valence-corrected chi connectivity index (χ3v) is 21.7. The summed E-state index contributed by atoms with van der Waals surface area (Å²) in [4.78, 5) is 77.8. The number of ether oxygens (including phenoxy) is 5. The van der Waals surface area contributed by atoms with Crippen molar-refractivity contribution in [2.45, 2.75) is 99.7 Å². The molecular formula is C94H74Cl2F18N4O12. The molecule has 4 aliphatic rings. The average molecular weight is 1860 g/mol. The van der Waals surface area contributed by atoms with Gasteiger partial charge in [-0.1, -0.05) is 48.0 Å². The van der Waals surface area contributed by atoms with Crippen molar-refractivity contribution in [3.8, 4) is 0 Å². The molecule has 2 N–H and O–H groups in total. The zero-order valence-electron chi connectivity index (χ0n) is 68.1. The second-order valence-corrected chi connectivity index (χ2v) is 30.4. The van der Waals surface area contributed by atoms with Crippen LogP contribution in [-0.2, 0) is 59.2 Å². The third-order valence-electron chi connectivity index (χ3n) is 21.2. The number of aromatic nitrogens is 4. The molecule has 16 nitrogen and oxygen atoms in total. The first kappa shape index (κ1) is 98.3. The number of Topliss-reactive ketones (excluding diaryl/α,β-unsaturated/α-hetero) is 2. The van der Waals surface area contributed by atoms with Gasteiger partial charge >= 0.3 is 5.97 Å². The third kappa shape index (κ3) is 22.9. The van der Waals surface area contributed by atoms with Gasteiger partial charge in [-0.05, 0) is 134 Å². The van der Waals surface area contributed by atoms with Crippen LogP contribution in [0.4, 0.5) is 79.0 Å². The Morgan fingerprint density at radius 2 is 0.738 bits per heavy atom. The molecule has 130 heavy (non-hydrogen) atoms. The molecule has 8 aromatic carbocycles. The Morgan fingerprint density at radius 3 is 1.04 bits per heavy atom. The lowest BCUT2D eigenvalue weighted by Gasteiger charge is -2.30. The molecule has 4 atom stereocenters. The summed E-state index contributed by atoms with van der Waals surface area (Å²) in [5.74, 6) is -19.6. The maximum Gasteiger partial charge on any atom is 0.337 e. The van der Waals surface area contributed by atoms with Crippen LogP contribution in [0.3, 0.4) is 0 Å². The van der Waals surface area contributed by atoms with Gasteiger partial charge in [-0.2, -0.15) is 0 Å². The van der Waals surface area contributed by atoms with Crippen LogP contribution in [0.1, 0.15) is 151 Å². The second-order valence-electron chi connectivity index (χ2n) is 29.7. The van der Waals surface area contributed by atoms with Gasteiger partial charge in [-0.15, -0.1) is 11.6 Å². The van der Waals surface area contributed by atoms with Gasteiger partial charge in [0.05, 0.1) is 53.6 Å². The van der Waals surface area contributed by atoms with Crippen LogP contribution in [0.25, 0.3) is 0 Å². The van der Waals surface area contributed by atoms with E-state index in [2.05, 4.69) is 14.7 Å². The highest BCUT2D eigenvalue weighted by atomic mass is 35.5. The molecule has 0 aliphatic carbocycles. The van der Waals surface area contributed by atoms with Crippen molar-refractivity contribution >= 4 is 40.7 Å². The molecule has 4 unspecified atom stereocenters. The number of hydrogen-bond acceptors (Lipinski definition) is 13. The minimum absolute atomic E-state index is 0.0526. The van der Waals surface area contributed by atoms with Crippen LogP contribution < -0.4 is 16.7 Å². The van der Waals surface area contributed by atoms with Gasteiger partial charge < -0.3 is 42.9 Å². The number of esters is 1. The van der Waals surface area contributed by atoms with Crippen molar-refractivity contribution < 1.29 is 122 Å². The van der Waals surface area contributed by atoms with E-state index in [0.29, 0.717) is 170 Å². The van der Waals surface area contributed by atoms with Crippen molar-refractivity contribution in [1.29, 1.82) is 0 Å². The number of pyridine rings is 4. The maximum absolute atomic E-state index is 14.6. The molecule has 0 bridgehead atoms. The van der Waals surface area contributed by atoms with E-state index in [4.69, 9.17) is 47.3 Å².